The number of ether oxygens (including phenoxy) is 1. The second-order valence-electron chi connectivity index (χ2n) is 2.71. The Morgan fingerprint density at radius 1 is 1.27 bits per heavy atom. The van der Waals surface area contributed by atoms with Crippen LogP contribution in [-0.2, 0) is 4.74 Å². The zero-order valence-electron chi connectivity index (χ0n) is 6.45. The van der Waals surface area contributed by atoms with Gasteiger partial charge in [0.2, 0.25) is 0 Å². The highest BCUT2D eigenvalue weighted by molar-refractivity contribution is 5.55. The highest BCUT2D eigenvalue weighted by Crippen LogP contribution is 2.26. The molecule has 0 aliphatic carbocycles. The molecule has 1 aromatic rings. The summed E-state index contributed by atoms with van der Waals surface area (Å²) in [5, 5.41) is 0. The van der Waals surface area contributed by atoms with E-state index < -0.39 is 0 Å². The van der Waals surface area contributed by atoms with Crippen molar-refractivity contribution in [1.82, 2.24) is 0 Å². The topological polar surface area (TPSA) is 9.23 Å². The molecule has 1 nitrogen and oxygen atoms in total. The summed E-state index contributed by atoms with van der Waals surface area (Å²) in [6, 6.07) is 8.29. The Morgan fingerprint density at radius 3 is 2.91 bits per heavy atom. The molecule has 2 rings (SSSR count). The van der Waals surface area contributed by atoms with E-state index in [4.69, 9.17) is 4.74 Å². The molecule has 0 fully saturated rings. The van der Waals surface area contributed by atoms with Crippen LogP contribution in [-0.4, -0.2) is 0 Å². The Bertz CT molecular complexity index is 289. The fraction of sp³-hybridized carbons (Fsp3) is 0.200. The smallest absolute Gasteiger partial charge is 0.121 e. The lowest BCUT2D eigenvalue weighted by Crippen LogP contribution is -2.01. The first-order chi connectivity index (χ1) is 5.38. The molecule has 0 saturated heterocycles. The van der Waals surface area contributed by atoms with Crippen LogP contribution in [0.5, 0.6) is 0 Å². The molecule has 0 radical (unpaired) electrons. The molecule has 56 valence electrons. The quantitative estimate of drug-likeness (QED) is 0.546. The third-order valence-electron chi connectivity index (χ3n) is 1.96. The first kappa shape index (κ1) is 6.47. The van der Waals surface area contributed by atoms with E-state index in [-0.39, 0.29) is 6.10 Å². The average Bonchev–Trinajstić information content (AvgIpc) is 2.06. The summed E-state index contributed by atoms with van der Waals surface area (Å²) in [5.74, 6) is 0. The molecule has 0 bridgehead atoms. The van der Waals surface area contributed by atoms with Crippen molar-refractivity contribution in [2.45, 2.75) is 13.0 Å². The summed E-state index contributed by atoms with van der Waals surface area (Å²) >= 11 is 0. The third-order valence-corrected chi connectivity index (χ3v) is 1.96. The van der Waals surface area contributed by atoms with Crippen molar-refractivity contribution < 1.29 is 4.74 Å². The van der Waals surface area contributed by atoms with E-state index in [1.54, 1.807) is 6.26 Å². The molecule has 1 aromatic carbocycles. The van der Waals surface area contributed by atoms with E-state index in [0.717, 1.165) is 0 Å². The van der Waals surface area contributed by atoms with Crippen LogP contribution in [0.3, 0.4) is 0 Å². The van der Waals surface area contributed by atoms with Crippen molar-refractivity contribution in [1.29, 1.82) is 0 Å². The average molecular weight is 146 g/mol. The van der Waals surface area contributed by atoms with Gasteiger partial charge in [0.25, 0.3) is 0 Å². The maximum absolute atomic E-state index is 5.32. The minimum atomic E-state index is 0.205. The molecule has 0 amide bonds. The highest BCUT2D eigenvalue weighted by Gasteiger charge is 2.11. The Morgan fingerprint density at radius 2 is 2.09 bits per heavy atom. The SMILES string of the molecule is CC1OC=Cc2ccccc21. The van der Waals surface area contributed by atoms with Crippen LogP contribution >= 0.6 is 0 Å². The summed E-state index contributed by atoms with van der Waals surface area (Å²) in [6.45, 7) is 2.06. The Labute approximate surface area is 66.3 Å². The van der Waals surface area contributed by atoms with Crippen LogP contribution in [0.2, 0.25) is 0 Å². The predicted octanol–water partition coefficient (Wildman–Crippen LogP) is 2.75. The normalized spacial score (nSPS) is 20.6. The first-order valence-corrected chi connectivity index (χ1v) is 3.79. The van der Waals surface area contributed by atoms with E-state index in [9.17, 15) is 0 Å². The van der Waals surface area contributed by atoms with Gasteiger partial charge in [0, 0.05) is 0 Å². The summed E-state index contributed by atoms with van der Waals surface area (Å²) in [7, 11) is 0. The van der Waals surface area contributed by atoms with Gasteiger partial charge in [-0.1, -0.05) is 24.3 Å². The van der Waals surface area contributed by atoms with Gasteiger partial charge in [-0.25, -0.2) is 0 Å². The number of rotatable bonds is 0. The second kappa shape index (κ2) is 2.42. The van der Waals surface area contributed by atoms with Gasteiger partial charge in [-0.2, -0.15) is 0 Å². The molecule has 1 heterocycles. The molecule has 1 aliphatic heterocycles. The van der Waals surface area contributed by atoms with Gasteiger partial charge in [-0.3, -0.25) is 0 Å². The van der Waals surface area contributed by atoms with Crippen molar-refractivity contribution in [3.05, 3.63) is 41.7 Å². The van der Waals surface area contributed by atoms with Crippen LogP contribution in [0.15, 0.2) is 30.5 Å². The van der Waals surface area contributed by atoms with Gasteiger partial charge in [0.05, 0.1) is 6.26 Å². The van der Waals surface area contributed by atoms with Crippen LogP contribution in [0.25, 0.3) is 6.08 Å². The zero-order valence-corrected chi connectivity index (χ0v) is 6.45. The van der Waals surface area contributed by atoms with E-state index in [0.29, 0.717) is 0 Å². The van der Waals surface area contributed by atoms with Crippen molar-refractivity contribution in [3.63, 3.8) is 0 Å². The van der Waals surface area contributed by atoms with E-state index >= 15 is 0 Å². The fourth-order valence-corrected chi connectivity index (χ4v) is 1.34. The molecule has 1 atom stereocenters. The lowest BCUT2D eigenvalue weighted by molar-refractivity contribution is 0.162. The van der Waals surface area contributed by atoms with E-state index in [1.165, 1.54) is 11.1 Å². The number of hydrogen-bond donors (Lipinski definition) is 0. The molecule has 0 aromatic heterocycles. The van der Waals surface area contributed by atoms with Crippen LogP contribution in [0.4, 0.5) is 0 Å². The molecule has 1 aliphatic rings. The van der Waals surface area contributed by atoms with Crippen molar-refractivity contribution >= 4 is 6.08 Å². The van der Waals surface area contributed by atoms with Crippen LogP contribution in [0.1, 0.15) is 24.2 Å². The summed E-state index contributed by atoms with van der Waals surface area (Å²) < 4.78 is 5.32. The van der Waals surface area contributed by atoms with Gasteiger partial charge in [0.1, 0.15) is 6.10 Å². The molecular formula is C10H10O. The standard InChI is InChI=1S/C10H10O/c1-8-10-5-3-2-4-9(10)6-7-11-8/h2-8H,1H3. The summed E-state index contributed by atoms with van der Waals surface area (Å²) in [4.78, 5) is 0. The lowest BCUT2D eigenvalue weighted by Gasteiger charge is -2.18. The van der Waals surface area contributed by atoms with E-state index in [2.05, 4.69) is 19.1 Å². The van der Waals surface area contributed by atoms with Gasteiger partial charge >= 0.3 is 0 Å². The number of hydrogen-bond acceptors (Lipinski definition) is 1. The zero-order chi connectivity index (χ0) is 7.68. The van der Waals surface area contributed by atoms with Gasteiger partial charge in [-0.15, -0.1) is 0 Å². The van der Waals surface area contributed by atoms with Crippen molar-refractivity contribution in [2.24, 2.45) is 0 Å². The van der Waals surface area contributed by atoms with Gasteiger partial charge in [0.15, 0.2) is 0 Å². The maximum Gasteiger partial charge on any atom is 0.121 e. The lowest BCUT2D eigenvalue weighted by atomic mass is 10.0. The Hall–Kier alpha value is -1.24. The van der Waals surface area contributed by atoms with E-state index in [1.807, 2.05) is 18.2 Å². The summed E-state index contributed by atoms with van der Waals surface area (Å²) in [6.07, 6.45) is 3.96. The number of benzene rings is 1. The highest BCUT2D eigenvalue weighted by atomic mass is 16.5. The Kier molecular flexibility index (Phi) is 1.42. The largest absolute Gasteiger partial charge is 0.494 e. The first-order valence-electron chi connectivity index (χ1n) is 3.79. The summed E-state index contributed by atoms with van der Waals surface area (Å²) in [5.41, 5.74) is 2.54. The van der Waals surface area contributed by atoms with Crippen LogP contribution < -0.4 is 0 Å². The minimum Gasteiger partial charge on any atom is -0.494 e. The Balaban J connectivity index is 2.54. The monoisotopic (exact) mass is 146 g/mol. The second-order valence-corrected chi connectivity index (χ2v) is 2.71. The fourth-order valence-electron chi connectivity index (χ4n) is 1.34. The molecular weight excluding hydrogens is 136 g/mol. The van der Waals surface area contributed by atoms with Crippen molar-refractivity contribution in [2.75, 3.05) is 0 Å². The minimum absolute atomic E-state index is 0.205. The predicted molar refractivity (Wildman–Crippen MR) is 45.0 cm³/mol. The number of fused-ring (bicyclic) bond motifs is 1. The molecule has 0 spiro atoms. The maximum atomic E-state index is 5.32. The van der Waals surface area contributed by atoms with Gasteiger partial charge in [-0.05, 0) is 24.1 Å². The molecule has 0 N–H and O–H groups in total. The molecule has 11 heavy (non-hydrogen) atoms. The molecule has 1 heteroatoms. The third kappa shape index (κ3) is 1.03. The van der Waals surface area contributed by atoms with Crippen molar-refractivity contribution in [3.8, 4) is 0 Å². The van der Waals surface area contributed by atoms with Gasteiger partial charge < -0.3 is 4.74 Å². The van der Waals surface area contributed by atoms with Crippen LogP contribution in [0, 0.1) is 0 Å². The molecule has 0 saturated carbocycles. The molecule has 1 unspecified atom stereocenters.